The maximum atomic E-state index is 11.5. The third-order valence-corrected chi connectivity index (χ3v) is 2.82. The minimum absolute atomic E-state index is 0.213. The summed E-state index contributed by atoms with van der Waals surface area (Å²) in [7, 11) is 1.61. The van der Waals surface area contributed by atoms with Gasteiger partial charge in [0, 0.05) is 22.8 Å². The van der Waals surface area contributed by atoms with Crippen LogP contribution in [0.4, 0.5) is 5.69 Å². The molecule has 16 heavy (non-hydrogen) atoms. The lowest BCUT2D eigenvalue weighted by molar-refractivity contribution is -0.117. The van der Waals surface area contributed by atoms with E-state index in [4.69, 9.17) is 10.5 Å². The van der Waals surface area contributed by atoms with Gasteiger partial charge in [-0.25, -0.2) is 0 Å². The summed E-state index contributed by atoms with van der Waals surface area (Å²) < 4.78 is 5.98. The highest BCUT2D eigenvalue weighted by atomic mass is 79.9. The van der Waals surface area contributed by atoms with Crippen molar-refractivity contribution in [2.24, 2.45) is 5.73 Å². The molecule has 88 valence electrons. The van der Waals surface area contributed by atoms with Gasteiger partial charge in [-0.1, -0.05) is 22.0 Å². The zero-order valence-corrected chi connectivity index (χ0v) is 10.9. The molecule has 0 heterocycles. The minimum atomic E-state index is -0.533. The molecule has 0 saturated carbocycles. The molecule has 0 bridgehead atoms. The number of benzene rings is 1. The maximum Gasteiger partial charge on any atom is 0.241 e. The van der Waals surface area contributed by atoms with Crippen LogP contribution in [0.3, 0.4) is 0 Å². The van der Waals surface area contributed by atoms with Crippen molar-refractivity contribution in [2.75, 3.05) is 12.4 Å². The minimum Gasteiger partial charge on any atom is -0.380 e. The molecule has 0 aliphatic carbocycles. The predicted molar refractivity (Wildman–Crippen MR) is 67.1 cm³/mol. The van der Waals surface area contributed by atoms with Crippen molar-refractivity contribution in [2.45, 2.75) is 19.6 Å². The number of anilines is 1. The van der Waals surface area contributed by atoms with Gasteiger partial charge in [-0.15, -0.1) is 0 Å². The summed E-state index contributed by atoms with van der Waals surface area (Å²) in [6.45, 7) is 2.07. The first-order valence-corrected chi connectivity index (χ1v) is 5.68. The smallest absolute Gasteiger partial charge is 0.241 e. The van der Waals surface area contributed by atoms with Gasteiger partial charge >= 0.3 is 0 Å². The van der Waals surface area contributed by atoms with Gasteiger partial charge in [0.05, 0.1) is 12.6 Å². The summed E-state index contributed by atoms with van der Waals surface area (Å²) in [4.78, 5) is 11.5. The average Bonchev–Trinajstić information content (AvgIpc) is 2.23. The van der Waals surface area contributed by atoms with Crippen molar-refractivity contribution in [3.8, 4) is 0 Å². The summed E-state index contributed by atoms with van der Waals surface area (Å²) >= 11 is 3.41. The Labute approximate surface area is 103 Å². The highest BCUT2D eigenvalue weighted by Crippen LogP contribution is 2.25. The van der Waals surface area contributed by atoms with Gasteiger partial charge in [-0.3, -0.25) is 4.79 Å². The highest BCUT2D eigenvalue weighted by Gasteiger charge is 2.12. The lowest BCUT2D eigenvalue weighted by atomic mass is 10.2. The van der Waals surface area contributed by atoms with Gasteiger partial charge in [0.25, 0.3) is 0 Å². The third-order valence-electron chi connectivity index (χ3n) is 2.08. The van der Waals surface area contributed by atoms with Gasteiger partial charge in [-0.2, -0.15) is 0 Å². The van der Waals surface area contributed by atoms with Crippen molar-refractivity contribution in [1.82, 2.24) is 0 Å². The van der Waals surface area contributed by atoms with Crippen LogP contribution in [0.5, 0.6) is 0 Å². The lowest BCUT2D eigenvalue weighted by Crippen LogP contribution is -2.32. The molecule has 5 heteroatoms. The number of carbonyl (C=O) groups excluding carboxylic acids is 1. The Morgan fingerprint density at radius 3 is 2.88 bits per heavy atom. The Hall–Kier alpha value is -0.910. The van der Waals surface area contributed by atoms with E-state index < -0.39 is 6.04 Å². The molecule has 1 aromatic carbocycles. The van der Waals surface area contributed by atoms with Gasteiger partial charge < -0.3 is 15.8 Å². The number of hydrogen-bond donors (Lipinski definition) is 2. The van der Waals surface area contributed by atoms with Crippen LogP contribution in [0.2, 0.25) is 0 Å². The first kappa shape index (κ1) is 13.2. The number of halogens is 1. The van der Waals surface area contributed by atoms with Crippen LogP contribution in [-0.2, 0) is 16.1 Å². The molecular weight excluding hydrogens is 272 g/mol. The lowest BCUT2D eigenvalue weighted by Gasteiger charge is -2.13. The van der Waals surface area contributed by atoms with Crippen LogP contribution in [0.25, 0.3) is 0 Å². The van der Waals surface area contributed by atoms with Gasteiger partial charge in [0.2, 0.25) is 5.91 Å². The molecule has 0 unspecified atom stereocenters. The second-order valence-electron chi connectivity index (χ2n) is 3.48. The number of nitrogens with two attached hydrogens (primary N) is 1. The van der Waals surface area contributed by atoms with Crippen molar-refractivity contribution in [3.05, 3.63) is 28.2 Å². The van der Waals surface area contributed by atoms with E-state index in [1.165, 1.54) is 0 Å². The molecule has 1 amide bonds. The molecule has 3 N–H and O–H groups in total. The SMILES string of the molecule is COCc1c(Br)cccc1NC(=O)[C@H](C)N. The number of hydrogen-bond acceptors (Lipinski definition) is 3. The molecule has 0 spiro atoms. The van der Waals surface area contributed by atoms with Gasteiger partial charge in [0.1, 0.15) is 0 Å². The fourth-order valence-electron chi connectivity index (χ4n) is 1.21. The highest BCUT2D eigenvalue weighted by molar-refractivity contribution is 9.10. The molecule has 0 fully saturated rings. The van der Waals surface area contributed by atoms with Crippen LogP contribution in [-0.4, -0.2) is 19.1 Å². The summed E-state index contributed by atoms with van der Waals surface area (Å²) in [5.41, 5.74) is 7.11. The van der Waals surface area contributed by atoms with Crippen molar-refractivity contribution in [1.29, 1.82) is 0 Å². The largest absolute Gasteiger partial charge is 0.380 e. The Morgan fingerprint density at radius 2 is 2.31 bits per heavy atom. The maximum absolute atomic E-state index is 11.5. The van der Waals surface area contributed by atoms with Crippen LogP contribution in [0, 0.1) is 0 Å². The Bertz CT molecular complexity index is 380. The van der Waals surface area contributed by atoms with E-state index in [1.807, 2.05) is 18.2 Å². The van der Waals surface area contributed by atoms with Crippen molar-refractivity contribution in [3.63, 3.8) is 0 Å². The zero-order valence-electron chi connectivity index (χ0n) is 9.29. The average molecular weight is 287 g/mol. The summed E-state index contributed by atoms with van der Waals surface area (Å²) in [6.07, 6.45) is 0. The second-order valence-corrected chi connectivity index (χ2v) is 4.33. The molecule has 0 radical (unpaired) electrons. The van der Waals surface area contributed by atoms with Crippen LogP contribution >= 0.6 is 15.9 Å². The molecule has 0 aliphatic rings. The molecule has 1 rings (SSSR count). The van der Waals surface area contributed by atoms with E-state index in [1.54, 1.807) is 14.0 Å². The summed E-state index contributed by atoms with van der Waals surface area (Å²) in [5.74, 6) is -0.213. The molecule has 1 atom stereocenters. The van der Waals surface area contributed by atoms with Crippen LogP contribution < -0.4 is 11.1 Å². The van der Waals surface area contributed by atoms with Gasteiger partial charge in [-0.05, 0) is 19.1 Å². The molecule has 4 nitrogen and oxygen atoms in total. The normalized spacial score (nSPS) is 12.2. The molecule has 0 saturated heterocycles. The second kappa shape index (κ2) is 5.98. The van der Waals surface area contributed by atoms with E-state index in [0.29, 0.717) is 6.61 Å². The fourth-order valence-corrected chi connectivity index (χ4v) is 1.69. The van der Waals surface area contributed by atoms with Gasteiger partial charge in [0.15, 0.2) is 0 Å². The van der Waals surface area contributed by atoms with E-state index in [0.717, 1.165) is 15.7 Å². The first-order chi connectivity index (χ1) is 7.56. The molecule has 0 aromatic heterocycles. The Morgan fingerprint density at radius 1 is 1.62 bits per heavy atom. The summed E-state index contributed by atoms with van der Waals surface area (Å²) in [5, 5.41) is 2.76. The predicted octanol–water partition coefficient (Wildman–Crippen LogP) is 1.88. The Balaban J connectivity index is 2.94. The van der Waals surface area contributed by atoms with Crippen LogP contribution in [0.15, 0.2) is 22.7 Å². The molecule has 1 aromatic rings. The number of carbonyl (C=O) groups is 1. The topological polar surface area (TPSA) is 64.3 Å². The number of methoxy groups -OCH3 is 1. The number of amides is 1. The van der Waals surface area contributed by atoms with E-state index in [2.05, 4.69) is 21.2 Å². The van der Waals surface area contributed by atoms with E-state index >= 15 is 0 Å². The fraction of sp³-hybridized carbons (Fsp3) is 0.364. The number of ether oxygens (including phenoxy) is 1. The number of nitrogens with one attached hydrogen (secondary N) is 1. The Kier molecular flexibility index (Phi) is 4.92. The third kappa shape index (κ3) is 3.30. The standard InChI is InChI=1S/C11H15BrN2O2/c1-7(13)11(15)14-10-5-3-4-9(12)8(10)6-16-2/h3-5,7H,6,13H2,1-2H3,(H,14,15)/t7-/m0/s1. The van der Waals surface area contributed by atoms with Crippen LogP contribution in [0.1, 0.15) is 12.5 Å². The first-order valence-electron chi connectivity index (χ1n) is 4.89. The van der Waals surface area contributed by atoms with Crippen molar-refractivity contribution >= 4 is 27.5 Å². The molecule has 0 aliphatic heterocycles. The zero-order chi connectivity index (χ0) is 12.1. The van der Waals surface area contributed by atoms with E-state index in [-0.39, 0.29) is 5.91 Å². The molecular formula is C11H15BrN2O2. The summed E-state index contributed by atoms with van der Waals surface area (Å²) in [6, 6.07) is 5.03. The number of rotatable bonds is 4. The van der Waals surface area contributed by atoms with Crippen molar-refractivity contribution < 1.29 is 9.53 Å². The monoisotopic (exact) mass is 286 g/mol. The quantitative estimate of drug-likeness (QED) is 0.888. The van der Waals surface area contributed by atoms with E-state index in [9.17, 15) is 4.79 Å².